The van der Waals surface area contributed by atoms with Gasteiger partial charge in [-0.25, -0.2) is 4.98 Å². The van der Waals surface area contributed by atoms with Crippen LogP contribution in [0.5, 0.6) is 5.75 Å². The van der Waals surface area contributed by atoms with Gasteiger partial charge in [-0.15, -0.1) is 0 Å². The van der Waals surface area contributed by atoms with E-state index >= 15 is 0 Å². The number of methoxy groups -OCH3 is 1. The molecule has 0 saturated heterocycles. The molecule has 0 spiro atoms. The van der Waals surface area contributed by atoms with E-state index in [1.807, 2.05) is 24.3 Å². The van der Waals surface area contributed by atoms with Gasteiger partial charge in [-0.2, -0.15) is 0 Å². The molecule has 29 heavy (non-hydrogen) atoms. The number of rotatable bonds is 7. The van der Waals surface area contributed by atoms with Crippen LogP contribution in [0.25, 0.3) is 22.6 Å². The highest BCUT2D eigenvalue weighted by atomic mass is 16.5. The molecule has 0 bridgehead atoms. The van der Waals surface area contributed by atoms with Crippen LogP contribution >= 0.6 is 0 Å². The van der Waals surface area contributed by atoms with E-state index in [2.05, 4.69) is 32.9 Å². The number of hydrogen-bond donors (Lipinski definition) is 0. The average Bonchev–Trinajstić information content (AvgIpc) is 2.70. The van der Waals surface area contributed by atoms with Gasteiger partial charge in [0, 0.05) is 11.1 Å². The summed E-state index contributed by atoms with van der Waals surface area (Å²) >= 11 is 0. The first-order chi connectivity index (χ1) is 13.9. The van der Waals surface area contributed by atoms with E-state index in [0.717, 1.165) is 24.8 Å². The lowest BCUT2D eigenvalue weighted by atomic mass is 9.98. The lowest BCUT2D eigenvalue weighted by Crippen LogP contribution is -2.17. The number of ether oxygens (including phenoxy) is 1. The maximum absolute atomic E-state index is 13.0. The number of nitrogens with zero attached hydrogens (tertiary/aromatic N) is 1. The van der Waals surface area contributed by atoms with Crippen molar-refractivity contribution >= 4 is 11.1 Å². The summed E-state index contributed by atoms with van der Waals surface area (Å²) in [6.07, 6.45) is 7.96. The molecule has 4 heteroatoms. The number of benzene rings is 2. The molecule has 3 rings (SSSR count). The van der Waals surface area contributed by atoms with Crippen LogP contribution in [0, 0.1) is 6.92 Å². The van der Waals surface area contributed by atoms with E-state index in [0.29, 0.717) is 40.3 Å². The minimum Gasteiger partial charge on any atom is -0.494 e. The molecule has 1 aromatic carbocycles. The van der Waals surface area contributed by atoms with Gasteiger partial charge in [0.15, 0.2) is 22.5 Å². The third-order valence-corrected chi connectivity index (χ3v) is 5.15. The van der Waals surface area contributed by atoms with Crippen LogP contribution in [0.1, 0.15) is 51.2 Å². The monoisotopic (exact) mass is 391 g/mol. The summed E-state index contributed by atoms with van der Waals surface area (Å²) in [6.45, 7) is 8.18. The van der Waals surface area contributed by atoms with E-state index in [1.165, 1.54) is 11.1 Å². The van der Waals surface area contributed by atoms with Gasteiger partial charge < -0.3 is 9.15 Å². The molecule has 0 aromatic heterocycles. The summed E-state index contributed by atoms with van der Waals surface area (Å²) in [5.41, 5.74) is 5.94. The summed E-state index contributed by atoms with van der Waals surface area (Å²) in [5.74, 6) is 1.03. The van der Waals surface area contributed by atoms with Gasteiger partial charge in [0.2, 0.25) is 0 Å². The van der Waals surface area contributed by atoms with Crippen molar-refractivity contribution in [3.05, 3.63) is 68.9 Å². The zero-order valence-corrected chi connectivity index (χ0v) is 18.0. The second-order valence-electron chi connectivity index (χ2n) is 7.73. The Bertz CT molecular complexity index is 1100. The summed E-state index contributed by atoms with van der Waals surface area (Å²) in [6, 6.07) is 7.59. The van der Waals surface area contributed by atoms with Gasteiger partial charge >= 0.3 is 0 Å². The number of allylic oxidation sites excluding steroid dienone is 4. The van der Waals surface area contributed by atoms with Crippen molar-refractivity contribution in [1.29, 1.82) is 0 Å². The maximum Gasteiger partial charge on any atom is 0.192 e. The summed E-state index contributed by atoms with van der Waals surface area (Å²) in [5, 5.41) is 0. The largest absolute Gasteiger partial charge is 0.494 e. The molecule has 2 aliphatic rings. The summed E-state index contributed by atoms with van der Waals surface area (Å²) in [7, 11) is 1.57. The van der Waals surface area contributed by atoms with Crippen molar-refractivity contribution in [2.75, 3.05) is 7.11 Å². The van der Waals surface area contributed by atoms with E-state index in [9.17, 15) is 4.79 Å². The topological polar surface area (TPSA) is 52.3 Å². The Labute approximate surface area is 172 Å². The van der Waals surface area contributed by atoms with E-state index < -0.39 is 0 Å². The Morgan fingerprint density at radius 3 is 2.62 bits per heavy atom. The van der Waals surface area contributed by atoms with E-state index in [-0.39, 0.29) is 5.43 Å². The Kier molecular flexibility index (Phi) is 6.53. The van der Waals surface area contributed by atoms with Crippen LogP contribution in [0.15, 0.2) is 56.8 Å². The molecule has 0 N–H and O–H groups in total. The first-order valence-corrected chi connectivity index (χ1v) is 10.1. The number of para-hydroxylation sites is 2. The fourth-order valence-electron chi connectivity index (χ4n) is 3.56. The zero-order chi connectivity index (χ0) is 21.0. The standard InChI is InChI=1S/C25H29NO3/c1-16(2)10-8-11-17(3)12-9-13-19-23(27)18(4)24(28-5)22-25(19)29-21-15-7-6-14-20(21)26-22/h6-7,10,12,14-15H,8-9,11,13H2,1-5H3/b17-12+. The molecule has 1 aliphatic heterocycles. The highest BCUT2D eigenvalue weighted by Gasteiger charge is 2.25. The molecule has 152 valence electrons. The molecule has 0 fully saturated rings. The van der Waals surface area contributed by atoms with Crippen LogP contribution in [0.3, 0.4) is 0 Å². The molecule has 1 heterocycles. The zero-order valence-electron chi connectivity index (χ0n) is 18.0. The van der Waals surface area contributed by atoms with Gasteiger partial charge in [0.05, 0.1) is 7.11 Å². The number of fused-ring (bicyclic) bond motifs is 2. The summed E-state index contributed by atoms with van der Waals surface area (Å²) in [4.78, 5) is 17.8. The predicted molar refractivity (Wildman–Crippen MR) is 119 cm³/mol. The Balaban J connectivity index is 1.97. The van der Waals surface area contributed by atoms with Crippen molar-refractivity contribution in [3.63, 3.8) is 0 Å². The second-order valence-corrected chi connectivity index (χ2v) is 7.73. The first kappa shape index (κ1) is 20.8. The molecule has 1 aromatic rings. The molecule has 0 atom stereocenters. The second kappa shape index (κ2) is 9.08. The molecule has 0 saturated carbocycles. The third-order valence-electron chi connectivity index (χ3n) is 5.15. The maximum atomic E-state index is 13.0. The molecular formula is C25H29NO3. The smallest absolute Gasteiger partial charge is 0.192 e. The van der Waals surface area contributed by atoms with Crippen molar-refractivity contribution < 1.29 is 9.15 Å². The van der Waals surface area contributed by atoms with Crippen LogP contribution in [0.4, 0.5) is 0 Å². The van der Waals surface area contributed by atoms with Crippen LogP contribution in [-0.4, -0.2) is 12.1 Å². The minimum atomic E-state index is -0.0224. The quantitative estimate of drug-likeness (QED) is 0.354. The van der Waals surface area contributed by atoms with E-state index in [4.69, 9.17) is 14.1 Å². The Morgan fingerprint density at radius 1 is 1.14 bits per heavy atom. The molecule has 0 amide bonds. The fourth-order valence-corrected chi connectivity index (χ4v) is 3.56. The van der Waals surface area contributed by atoms with Crippen molar-refractivity contribution in [2.24, 2.45) is 0 Å². The van der Waals surface area contributed by atoms with E-state index in [1.54, 1.807) is 14.0 Å². The van der Waals surface area contributed by atoms with Crippen LogP contribution in [-0.2, 0) is 6.42 Å². The highest BCUT2D eigenvalue weighted by Crippen LogP contribution is 2.36. The number of hydrogen-bond acceptors (Lipinski definition) is 4. The molecular weight excluding hydrogens is 362 g/mol. The summed E-state index contributed by atoms with van der Waals surface area (Å²) < 4.78 is 11.6. The third kappa shape index (κ3) is 4.58. The number of aromatic nitrogens is 1. The Morgan fingerprint density at radius 2 is 1.90 bits per heavy atom. The van der Waals surface area contributed by atoms with Crippen molar-refractivity contribution in [2.45, 2.75) is 53.4 Å². The van der Waals surface area contributed by atoms with Crippen LogP contribution in [0.2, 0.25) is 0 Å². The van der Waals surface area contributed by atoms with Gasteiger partial charge in [-0.05, 0) is 65.5 Å². The van der Waals surface area contributed by atoms with Gasteiger partial charge in [0.25, 0.3) is 0 Å². The first-order valence-electron chi connectivity index (χ1n) is 10.1. The van der Waals surface area contributed by atoms with Gasteiger partial charge in [-0.3, -0.25) is 4.79 Å². The molecule has 0 radical (unpaired) electrons. The van der Waals surface area contributed by atoms with Gasteiger partial charge in [0.1, 0.15) is 11.2 Å². The molecule has 1 aliphatic carbocycles. The average molecular weight is 392 g/mol. The van der Waals surface area contributed by atoms with Crippen LogP contribution < -0.4 is 10.2 Å². The van der Waals surface area contributed by atoms with Gasteiger partial charge in [-0.1, -0.05) is 35.4 Å². The lowest BCUT2D eigenvalue weighted by molar-refractivity contribution is 0.408. The normalized spacial score (nSPS) is 11.8. The SMILES string of the molecule is COc1c2nc3ccccc3oc-2c(CC/C=C(\C)CCC=C(C)C)c(=O)c1C. The minimum absolute atomic E-state index is 0.0224. The van der Waals surface area contributed by atoms with Crippen molar-refractivity contribution in [1.82, 2.24) is 4.98 Å². The fraction of sp³-hybridized carbons (Fsp3) is 0.360. The Hall–Kier alpha value is -2.88. The highest BCUT2D eigenvalue weighted by molar-refractivity contribution is 5.80. The van der Waals surface area contributed by atoms with Crippen molar-refractivity contribution in [3.8, 4) is 17.2 Å². The molecule has 4 nitrogen and oxygen atoms in total. The molecule has 0 unspecified atom stereocenters. The predicted octanol–water partition coefficient (Wildman–Crippen LogP) is 6.24. The lowest BCUT2D eigenvalue weighted by Gasteiger charge is -2.16.